The van der Waals surface area contributed by atoms with Crippen molar-refractivity contribution in [2.45, 2.75) is 58.2 Å². The minimum Gasteiger partial charge on any atom is -0.384 e. The van der Waals surface area contributed by atoms with E-state index in [1.165, 1.54) is 0 Å². The van der Waals surface area contributed by atoms with Gasteiger partial charge in [-0.2, -0.15) is 0 Å². The maximum Gasteiger partial charge on any atom is 0.233 e. The van der Waals surface area contributed by atoms with Crippen LogP contribution in [-0.2, 0) is 9.53 Å². The molecule has 20 heavy (non-hydrogen) atoms. The Kier molecular flexibility index (Phi) is 7.48. The van der Waals surface area contributed by atoms with E-state index in [4.69, 9.17) is 10.5 Å². The van der Waals surface area contributed by atoms with Crippen molar-refractivity contribution >= 4 is 5.91 Å². The van der Waals surface area contributed by atoms with Crippen LogP contribution in [0, 0.1) is 5.92 Å². The average molecular weight is 285 g/mol. The zero-order valence-corrected chi connectivity index (χ0v) is 13.4. The standard InChI is InChI=1S/C15H31N3O2/c1-5-18(11(2)3)13-6-7-14(17-15(19)9-16)12(8-13)10-20-4/h11-14H,5-10,16H2,1-4H3,(H,17,19)/t12-,13+,14-/m0/s1. The van der Waals surface area contributed by atoms with E-state index in [0.717, 1.165) is 25.8 Å². The average Bonchev–Trinajstić information content (AvgIpc) is 2.42. The highest BCUT2D eigenvalue weighted by Crippen LogP contribution is 2.29. The van der Waals surface area contributed by atoms with Gasteiger partial charge in [0.1, 0.15) is 0 Å². The summed E-state index contributed by atoms with van der Waals surface area (Å²) < 4.78 is 5.35. The molecule has 0 unspecified atom stereocenters. The molecule has 0 spiro atoms. The number of nitrogens with zero attached hydrogens (tertiary/aromatic N) is 1. The Labute approximate surface area is 123 Å². The summed E-state index contributed by atoms with van der Waals surface area (Å²) in [5.74, 6) is 0.313. The molecule has 118 valence electrons. The first-order chi connectivity index (χ1) is 9.53. The molecule has 5 heteroatoms. The number of ether oxygens (including phenoxy) is 1. The molecule has 3 N–H and O–H groups in total. The van der Waals surface area contributed by atoms with Crippen LogP contribution in [0.3, 0.4) is 0 Å². The Bertz CT molecular complexity index is 297. The molecule has 0 aliphatic heterocycles. The van der Waals surface area contributed by atoms with Crippen molar-refractivity contribution in [3.8, 4) is 0 Å². The highest BCUT2D eigenvalue weighted by molar-refractivity contribution is 5.78. The van der Waals surface area contributed by atoms with Crippen LogP contribution in [0.1, 0.15) is 40.0 Å². The lowest BCUT2D eigenvalue weighted by Gasteiger charge is -2.42. The van der Waals surface area contributed by atoms with E-state index >= 15 is 0 Å². The molecule has 1 aliphatic carbocycles. The van der Waals surface area contributed by atoms with E-state index in [9.17, 15) is 4.79 Å². The van der Waals surface area contributed by atoms with Gasteiger partial charge in [-0.1, -0.05) is 6.92 Å². The summed E-state index contributed by atoms with van der Waals surface area (Å²) >= 11 is 0. The molecule has 1 fully saturated rings. The zero-order valence-electron chi connectivity index (χ0n) is 13.4. The minimum atomic E-state index is -0.0641. The maximum atomic E-state index is 11.5. The Morgan fingerprint density at radius 2 is 2.15 bits per heavy atom. The van der Waals surface area contributed by atoms with E-state index < -0.39 is 0 Å². The molecule has 1 rings (SSSR count). The van der Waals surface area contributed by atoms with Gasteiger partial charge >= 0.3 is 0 Å². The Balaban J connectivity index is 2.66. The topological polar surface area (TPSA) is 67.6 Å². The predicted octanol–water partition coefficient (Wildman–Crippen LogP) is 0.975. The van der Waals surface area contributed by atoms with E-state index in [1.807, 2.05) is 0 Å². The summed E-state index contributed by atoms with van der Waals surface area (Å²) in [4.78, 5) is 14.1. The molecule has 0 aromatic heterocycles. The molecular formula is C15H31N3O2. The third-order valence-corrected chi connectivity index (χ3v) is 4.36. The number of amides is 1. The van der Waals surface area contributed by atoms with Crippen molar-refractivity contribution in [3.63, 3.8) is 0 Å². The van der Waals surface area contributed by atoms with Gasteiger partial charge < -0.3 is 15.8 Å². The second-order valence-electron chi connectivity index (χ2n) is 5.98. The molecule has 3 atom stereocenters. The fraction of sp³-hybridized carbons (Fsp3) is 0.933. The number of methoxy groups -OCH3 is 1. The normalized spacial score (nSPS) is 27.1. The molecule has 0 aromatic rings. The van der Waals surface area contributed by atoms with Gasteiger partial charge in [0, 0.05) is 31.2 Å². The summed E-state index contributed by atoms with van der Waals surface area (Å²) in [5, 5.41) is 3.05. The zero-order chi connectivity index (χ0) is 15.1. The summed E-state index contributed by atoms with van der Waals surface area (Å²) in [7, 11) is 1.73. The van der Waals surface area contributed by atoms with Crippen molar-refractivity contribution in [2.75, 3.05) is 26.8 Å². The SMILES string of the molecule is CCN(C(C)C)[C@@H]1CC[C@H](NC(=O)CN)[C@H](COC)C1. The maximum absolute atomic E-state index is 11.5. The molecule has 1 amide bonds. The Morgan fingerprint density at radius 3 is 2.65 bits per heavy atom. The van der Waals surface area contributed by atoms with Crippen LogP contribution in [0.5, 0.6) is 0 Å². The highest BCUT2D eigenvalue weighted by Gasteiger charge is 2.34. The van der Waals surface area contributed by atoms with Crippen LogP contribution in [0.25, 0.3) is 0 Å². The molecule has 0 saturated heterocycles. The molecule has 0 radical (unpaired) electrons. The number of carbonyl (C=O) groups excluding carboxylic acids is 1. The second-order valence-corrected chi connectivity index (χ2v) is 5.98. The fourth-order valence-corrected chi connectivity index (χ4v) is 3.44. The third-order valence-electron chi connectivity index (χ3n) is 4.36. The van der Waals surface area contributed by atoms with Crippen LogP contribution in [-0.4, -0.2) is 55.7 Å². The number of hydrogen-bond donors (Lipinski definition) is 2. The van der Waals surface area contributed by atoms with Gasteiger partial charge in [-0.3, -0.25) is 9.69 Å². The molecule has 0 bridgehead atoms. The summed E-state index contributed by atoms with van der Waals surface area (Å²) in [6.07, 6.45) is 3.21. The first kappa shape index (κ1) is 17.4. The number of carbonyl (C=O) groups is 1. The van der Waals surface area contributed by atoms with Gasteiger partial charge in [-0.15, -0.1) is 0 Å². The minimum absolute atomic E-state index is 0.0622. The fourth-order valence-electron chi connectivity index (χ4n) is 3.44. The molecular weight excluding hydrogens is 254 g/mol. The molecule has 5 nitrogen and oxygen atoms in total. The molecule has 1 saturated carbocycles. The lowest BCUT2D eigenvalue weighted by Crippen LogP contribution is -2.52. The quantitative estimate of drug-likeness (QED) is 0.731. The number of rotatable bonds is 7. The Morgan fingerprint density at radius 1 is 1.45 bits per heavy atom. The smallest absolute Gasteiger partial charge is 0.233 e. The Hall–Kier alpha value is -0.650. The van der Waals surface area contributed by atoms with Crippen LogP contribution < -0.4 is 11.1 Å². The molecule has 0 aromatic carbocycles. The van der Waals surface area contributed by atoms with Crippen LogP contribution in [0.4, 0.5) is 0 Å². The van der Waals surface area contributed by atoms with E-state index in [0.29, 0.717) is 24.6 Å². The highest BCUT2D eigenvalue weighted by atomic mass is 16.5. The first-order valence-corrected chi connectivity index (χ1v) is 7.77. The van der Waals surface area contributed by atoms with Crippen molar-refractivity contribution < 1.29 is 9.53 Å². The lowest BCUT2D eigenvalue weighted by molar-refractivity contribution is -0.121. The van der Waals surface area contributed by atoms with Gasteiger partial charge in [0.05, 0.1) is 13.2 Å². The van der Waals surface area contributed by atoms with Crippen molar-refractivity contribution in [1.82, 2.24) is 10.2 Å². The van der Waals surface area contributed by atoms with Crippen molar-refractivity contribution in [2.24, 2.45) is 11.7 Å². The van der Waals surface area contributed by atoms with Crippen molar-refractivity contribution in [1.29, 1.82) is 0 Å². The predicted molar refractivity (Wildman–Crippen MR) is 81.5 cm³/mol. The number of nitrogens with two attached hydrogens (primary N) is 1. The van der Waals surface area contributed by atoms with E-state index in [-0.39, 0.29) is 18.5 Å². The van der Waals surface area contributed by atoms with Gasteiger partial charge in [-0.25, -0.2) is 0 Å². The third kappa shape index (κ3) is 4.72. The number of nitrogens with one attached hydrogen (secondary N) is 1. The molecule has 0 heterocycles. The van der Waals surface area contributed by atoms with Gasteiger partial charge in [-0.05, 0) is 39.7 Å². The lowest BCUT2D eigenvalue weighted by atomic mass is 9.80. The van der Waals surface area contributed by atoms with Gasteiger partial charge in [0.15, 0.2) is 0 Å². The van der Waals surface area contributed by atoms with Gasteiger partial charge in [0.25, 0.3) is 0 Å². The second kappa shape index (κ2) is 8.60. The largest absolute Gasteiger partial charge is 0.384 e. The van der Waals surface area contributed by atoms with Gasteiger partial charge in [0.2, 0.25) is 5.91 Å². The van der Waals surface area contributed by atoms with E-state index in [2.05, 4.69) is 31.0 Å². The van der Waals surface area contributed by atoms with Crippen LogP contribution in [0.2, 0.25) is 0 Å². The first-order valence-electron chi connectivity index (χ1n) is 7.77. The summed E-state index contributed by atoms with van der Waals surface area (Å²) in [5.41, 5.74) is 5.39. The van der Waals surface area contributed by atoms with Crippen LogP contribution >= 0.6 is 0 Å². The van der Waals surface area contributed by atoms with Crippen LogP contribution in [0.15, 0.2) is 0 Å². The monoisotopic (exact) mass is 285 g/mol. The number of hydrogen-bond acceptors (Lipinski definition) is 4. The summed E-state index contributed by atoms with van der Waals surface area (Å²) in [6.45, 7) is 8.54. The summed E-state index contributed by atoms with van der Waals surface area (Å²) in [6, 6.07) is 1.35. The van der Waals surface area contributed by atoms with Crippen molar-refractivity contribution in [3.05, 3.63) is 0 Å². The molecule has 1 aliphatic rings. The van der Waals surface area contributed by atoms with E-state index in [1.54, 1.807) is 7.11 Å².